The summed E-state index contributed by atoms with van der Waals surface area (Å²) in [6.45, 7) is 2.99. The normalized spacial score (nSPS) is 10.3. The molecule has 0 unspecified atom stereocenters. The summed E-state index contributed by atoms with van der Waals surface area (Å²) in [6.07, 6.45) is 3.76. The highest BCUT2D eigenvalue weighted by atomic mass is 32.1. The van der Waals surface area contributed by atoms with Crippen molar-refractivity contribution >= 4 is 23.2 Å². The van der Waals surface area contributed by atoms with Crippen LogP contribution in [0.2, 0.25) is 0 Å². The van der Waals surface area contributed by atoms with Gasteiger partial charge >= 0.3 is 5.97 Å². The zero-order valence-electron chi connectivity index (χ0n) is 11.5. The fourth-order valence-corrected chi connectivity index (χ4v) is 2.48. The molecule has 0 aliphatic carbocycles. The second-order valence-electron chi connectivity index (χ2n) is 4.30. The molecular weight excluding hydrogens is 290 g/mol. The van der Waals surface area contributed by atoms with Gasteiger partial charge in [-0.3, -0.25) is 4.79 Å². The molecular formula is C14H15N3O3S. The monoisotopic (exact) mass is 305 g/mol. The maximum atomic E-state index is 12.4. The average Bonchev–Trinajstić information content (AvgIpc) is 3.01. The van der Waals surface area contributed by atoms with Gasteiger partial charge in [-0.05, 0) is 19.1 Å². The van der Waals surface area contributed by atoms with Gasteiger partial charge in [-0.1, -0.05) is 0 Å². The van der Waals surface area contributed by atoms with Crippen LogP contribution in [-0.4, -0.2) is 44.9 Å². The topological polar surface area (TPSA) is 83.4 Å². The van der Waals surface area contributed by atoms with Crippen LogP contribution < -0.4 is 0 Å². The van der Waals surface area contributed by atoms with E-state index in [2.05, 4.69) is 9.97 Å². The number of carbonyl (C=O) groups is 2. The first-order chi connectivity index (χ1) is 10.1. The van der Waals surface area contributed by atoms with Gasteiger partial charge in [-0.15, -0.1) is 11.3 Å². The third kappa shape index (κ3) is 3.85. The summed E-state index contributed by atoms with van der Waals surface area (Å²) >= 11 is 1.55. The van der Waals surface area contributed by atoms with Crippen molar-refractivity contribution in [2.45, 2.75) is 13.3 Å². The van der Waals surface area contributed by atoms with Crippen molar-refractivity contribution in [3.8, 4) is 0 Å². The summed E-state index contributed by atoms with van der Waals surface area (Å²) < 4.78 is 0. The van der Waals surface area contributed by atoms with Gasteiger partial charge in [0, 0.05) is 42.8 Å². The molecule has 7 heteroatoms. The van der Waals surface area contributed by atoms with E-state index in [-0.39, 0.29) is 11.6 Å². The molecule has 0 radical (unpaired) electrons. The van der Waals surface area contributed by atoms with E-state index in [0.717, 1.165) is 5.01 Å². The minimum Gasteiger partial charge on any atom is -0.477 e. The highest BCUT2D eigenvalue weighted by molar-refractivity contribution is 7.09. The van der Waals surface area contributed by atoms with Crippen LogP contribution in [0.1, 0.15) is 32.8 Å². The Labute approximate surface area is 126 Å². The molecule has 0 fully saturated rings. The van der Waals surface area contributed by atoms with Gasteiger partial charge in [0.05, 0.1) is 5.01 Å². The third-order valence-corrected chi connectivity index (χ3v) is 3.81. The molecule has 0 spiro atoms. The van der Waals surface area contributed by atoms with Crippen molar-refractivity contribution < 1.29 is 14.7 Å². The van der Waals surface area contributed by atoms with Crippen molar-refractivity contribution in [3.63, 3.8) is 0 Å². The fourth-order valence-electron chi connectivity index (χ4n) is 1.87. The SMILES string of the molecule is CCN(CCc1nccs1)C(=O)c1ccnc(C(=O)O)c1. The number of hydrogen-bond acceptors (Lipinski definition) is 5. The molecule has 0 saturated heterocycles. The van der Waals surface area contributed by atoms with E-state index in [1.54, 1.807) is 22.4 Å². The molecule has 2 aromatic rings. The Balaban J connectivity index is 2.08. The number of aromatic carboxylic acids is 1. The number of amides is 1. The number of nitrogens with zero attached hydrogens (tertiary/aromatic N) is 3. The van der Waals surface area contributed by atoms with Gasteiger partial charge in [0.1, 0.15) is 5.69 Å². The minimum absolute atomic E-state index is 0.128. The number of carboxylic acid groups (broad SMARTS) is 1. The van der Waals surface area contributed by atoms with Gasteiger partial charge in [-0.2, -0.15) is 0 Å². The van der Waals surface area contributed by atoms with Crippen molar-refractivity contribution in [3.05, 3.63) is 46.2 Å². The quantitative estimate of drug-likeness (QED) is 0.881. The van der Waals surface area contributed by atoms with E-state index < -0.39 is 5.97 Å². The summed E-state index contributed by atoms with van der Waals surface area (Å²) in [6, 6.07) is 2.83. The molecule has 2 heterocycles. The molecule has 1 N–H and O–H groups in total. The number of likely N-dealkylation sites (N-methyl/N-ethyl adjacent to an activating group) is 1. The number of thiazole rings is 1. The van der Waals surface area contributed by atoms with E-state index in [0.29, 0.717) is 25.1 Å². The van der Waals surface area contributed by atoms with Crippen LogP contribution in [-0.2, 0) is 6.42 Å². The van der Waals surface area contributed by atoms with Crippen molar-refractivity contribution in [1.29, 1.82) is 0 Å². The number of aromatic nitrogens is 2. The van der Waals surface area contributed by atoms with Crippen LogP contribution in [0.3, 0.4) is 0 Å². The first-order valence-corrected chi connectivity index (χ1v) is 7.36. The average molecular weight is 305 g/mol. The summed E-state index contributed by atoms with van der Waals surface area (Å²) in [5, 5.41) is 11.8. The van der Waals surface area contributed by atoms with Crippen LogP contribution in [0, 0.1) is 0 Å². The Morgan fingerprint density at radius 2 is 2.14 bits per heavy atom. The van der Waals surface area contributed by atoms with E-state index in [4.69, 9.17) is 5.11 Å². The first-order valence-electron chi connectivity index (χ1n) is 6.48. The van der Waals surface area contributed by atoms with Crippen LogP contribution in [0.25, 0.3) is 0 Å². The standard InChI is InChI=1S/C14H15N3O3S/c1-2-17(7-4-12-16-6-8-21-12)13(18)10-3-5-15-11(9-10)14(19)20/h3,5-6,8-9H,2,4,7H2,1H3,(H,19,20). The fraction of sp³-hybridized carbons (Fsp3) is 0.286. The molecule has 0 aliphatic rings. The molecule has 0 aliphatic heterocycles. The lowest BCUT2D eigenvalue weighted by Gasteiger charge is -2.20. The molecule has 1 amide bonds. The smallest absolute Gasteiger partial charge is 0.354 e. The molecule has 21 heavy (non-hydrogen) atoms. The van der Waals surface area contributed by atoms with Crippen LogP contribution >= 0.6 is 11.3 Å². The van der Waals surface area contributed by atoms with E-state index in [9.17, 15) is 9.59 Å². The molecule has 0 saturated carbocycles. The summed E-state index contributed by atoms with van der Waals surface area (Å²) in [4.78, 5) is 32.9. The molecule has 0 atom stereocenters. The van der Waals surface area contributed by atoms with Gasteiger partial charge in [0.25, 0.3) is 5.91 Å². The zero-order chi connectivity index (χ0) is 15.2. The largest absolute Gasteiger partial charge is 0.477 e. The zero-order valence-corrected chi connectivity index (χ0v) is 12.3. The summed E-state index contributed by atoms with van der Waals surface area (Å²) in [5.74, 6) is -1.34. The minimum atomic E-state index is -1.14. The predicted octanol–water partition coefficient (Wildman–Crippen LogP) is 1.94. The maximum absolute atomic E-state index is 12.4. The van der Waals surface area contributed by atoms with Crippen molar-refractivity contribution in [2.75, 3.05) is 13.1 Å². The van der Waals surface area contributed by atoms with Gasteiger partial charge in [-0.25, -0.2) is 14.8 Å². The second-order valence-corrected chi connectivity index (χ2v) is 5.27. The maximum Gasteiger partial charge on any atom is 0.354 e. The number of carbonyl (C=O) groups excluding carboxylic acids is 1. The highest BCUT2D eigenvalue weighted by Gasteiger charge is 2.16. The number of hydrogen-bond donors (Lipinski definition) is 1. The number of carboxylic acids is 1. The van der Waals surface area contributed by atoms with Crippen LogP contribution in [0.4, 0.5) is 0 Å². The number of rotatable bonds is 6. The Hall–Kier alpha value is -2.28. The van der Waals surface area contributed by atoms with E-state index in [1.165, 1.54) is 18.3 Å². The van der Waals surface area contributed by atoms with E-state index in [1.807, 2.05) is 12.3 Å². The number of pyridine rings is 1. The van der Waals surface area contributed by atoms with Crippen molar-refractivity contribution in [2.24, 2.45) is 0 Å². The molecule has 2 rings (SSSR count). The molecule has 6 nitrogen and oxygen atoms in total. The highest BCUT2D eigenvalue weighted by Crippen LogP contribution is 2.10. The summed E-state index contributed by atoms with van der Waals surface area (Å²) in [7, 11) is 0. The van der Waals surface area contributed by atoms with Crippen LogP contribution in [0.15, 0.2) is 29.9 Å². The lowest BCUT2D eigenvalue weighted by atomic mass is 10.2. The Bertz CT molecular complexity index is 628. The Kier molecular flexibility index (Phi) is 4.99. The van der Waals surface area contributed by atoms with E-state index >= 15 is 0 Å². The Morgan fingerprint density at radius 1 is 1.33 bits per heavy atom. The third-order valence-electron chi connectivity index (χ3n) is 2.97. The predicted molar refractivity (Wildman–Crippen MR) is 78.6 cm³/mol. The van der Waals surface area contributed by atoms with Crippen LogP contribution in [0.5, 0.6) is 0 Å². The molecule has 110 valence electrons. The van der Waals surface area contributed by atoms with Crippen molar-refractivity contribution in [1.82, 2.24) is 14.9 Å². The van der Waals surface area contributed by atoms with Gasteiger partial charge in [0.2, 0.25) is 0 Å². The first kappa shape index (κ1) is 15.1. The molecule has 0 bridgehead atoms. The molecule has 2 aromatic heterocycles. The summed E-state index contributed by atoms with van der Waals surface area (Å²) in [5.41, 5.74) is 0.209. The lowest BCUT2D eigenvalue weighted by Crippen LogP contribution is -2.32. The molecule has 0 aromatic carbocycles. The van der Waals surface area contributed by atoms with Gasteiger partial charge < -0.3 is 10.0 Å². The lowest BCUT2D eigenvalue weighted by molar-refractivity contribution is 0.0690. The van der Waals surface area contributed by atoms with Gasteiger partial charge in [0.15, 0.2) is 0 Å². The Morgan fingerprint density at radius 3 is 2.76 bits per heavy atom. The second kappa shape index (κ2) is 6.94.